The molecule has 0 radical (unpaired) electrons. The summed E-state index contributed by atoms with van der Waals surface area (Å²) in [7, 11) is -3.05. The Labute approximate surface area is 117 Å². The minimum Gasteiger partial charge on any atom is -0.309 e. The van der Waals surface area contributed by atoms with E-state index in [0.717, 1.165) is 0 Å². The highest BCUT2D eigenvalue weighted by Gasteiger charge is 2.28. The summed E-state index contributed by atoms with van der Waals surface area (Å²) >= 11 is 0. The number of aryl methyl sites for hydroxylation is 1. The maximum Gasteiger partial charge on any atom is 0.156 e. The number of sulfone groups is 1. The molecule has 0 aromatic heterocycles. The fourth-order valence-electron chi connectivity index (χ4n) is 1.77. The van der Waals surface area contributed by atoms with E-state index in [4.69, 9.17) is 0 Å². The molecule has 1 aromatic carbocycles. The van der Waals surface area contributed by atoms with Crippen LogP contribution < -0.4 is 5.32 Å². The quantitative estimate of drug-likeness (QED) is 0.904. The van der Waals surface area contributed by atoms with Crippen LogP contribution in [0.4, 0.5) is 0 Å². The summed E-state index contributed by atoms with van der Waals surface area (Å²) in [6.07, 6.45) is 0. The van der Waals surface area contributed by atoms with Crippen molar-refractivity contribution in [2.45, 2.75) is 45.4 Å². The molecule has 1 N–H and O–H groups in total. The van der Waals surface area contributed by atoms with Gasteiger partial charge in [0, 0.05) is 12.6 Å². The highest BCUT2D eigenvalue weighted by atomic mass is 32.2. The van der Waals surface area contributed by atoms with E-state index in [1.54, 1.807) is 20.8 Å². The van der Waals surface area contributed by atoms with Crippen LogP contribution >= 0.6 is 0 Å². The third kappa shape index (κ3) is 4.62. The summed E-state index contributed by atoms with van der Waals surface area (Å²) in [5, 5.41) is 3.28. The van der Waals surface area contributed by atoms with Gasteiger partial charge < -0.3 is 5.32 Å². The maximum absolute atomic E-state index is 12.0. The average molecular weight is 283 g/mol. The summed E-state index contributed by atoms with van der Waals surface area (Å²) in [5.41, 5.74) is 2.40. The zero-order chi connectivity index (χ0) is 14.7. The highest BCUT2D eigenvalue weighted by Crippen LogP contribution is 2.16. The first kappa shape index (κ1) is 16.2. The average Bonchev–Trinajstić information content (AvgIpc) is 2.27. The Morgan fingerprint density at radius 2 is 1.89 bits per heavy atom. The molecule has 0 aliphatic carbocycles. The van der Waals surface area contributed by atoms with Crippen LogP contribution in [0.3, 0.4) is 0 Å². The van der Waals surface area contributed by atoms with Crippen molar-refractivity contribution in [1.82, 2.24) is 5.32 Å². The van der Waals surface area contributed by atoms with Gasteiger partial charge in [0.25, 0.3) is 0 Å². The summed E-state index contributed by atoms with van der Waals surface area (Å²) in [6, 6.07) is 8.42. The van der Waals surface area contributed by atoms with E-state index >= 15 is 0 Å². The van der Waals surface area contributed by atoms with Crippen LogP contribution in [-0.2, 0) is 9.84 Å². The van der Waals surface area contributed by atoms with E-state index in [-0.39, 0.29) is 11.8 Å². The van der Waals surface area contributed by atoms with Crippen LogP contribution in [0.2, 0.25) is 0 Å². The van der Waals surface area contributed by atoms with Crippen LogP contribution in [0.15, 0.2) is 24.3 Å². The van der Waals surface area contributed by atoms with Crippen LogP contribution in [0.1, 0.15) is 44.9 Å². The number of hydrogen-bond acceptors (Lipinski definition) is 3. The molecule has 0 bridgehead atoms. The minimum absolute atomic E-state index is 0.162. The molecular weight excluding hydrogens is 258 g/mol. The van der Waals surface area contributed by atoms with Crippen LogP contribution in [0, 0.1) is 6.92 Å². The van der Waals surface area contributed by atoms with Crippen molar-refractivity contribution in [1.29, 1.82) is 0 Å². The minimum atomic E-state index is -3.05. The molecule has 19 heavy (non-hydrogen) atoms. The molecule has 3 nitrogen and oxygen atoms in total. The Hall–Kier alpha value is -0.870. The molecule has 0 saturated carbocycles. The summed E-state index contributed by atoms with van der Waals surface area (Å²) < 4.78 is 23.3. The van der Waals surface area contributed by atoms with Gasteiger partial charge in [-0.05, 0) is 40.2 Å². The lowest BCUT2D eigenvalue weighted by molar-refractivity contribution is 0.546. The molecule has 1 aromatic rings. The van der Waals surface area contributed by atoms with Crippen LogP contribution in [0.5, 0.6) is 0 Å². The monoisotopic (exact) mass is 283 g/mol. The highest BCUT2D eigenvalue weighted by molar-refractivity contribution is 7.92. The second-order valence-corrected chi connectivity index (χ2v) is 8.88. The van der Waals surface area contributed by atoms with E-state index in [1.807, 2.05) is 6.07 Å². The molecule has 0 heterocycles. The molecule has 108 valence electrons. The molecule has 0 unspecified atom stereocenters. The zero-order valence-corrected chi connectivity index (χ0v) is 13.3. The van der Waals surface area contributed by atoms with E-state index in [2.05, 4.69) is 37.4 Å². The van der Waals surface area contributed by atoms with Crippen molar-refractivity contribution < 1.29 is 8.42 Å². The number of rotatable bonds is 5. The number of benzene rings is 1. The third-order valence-electron chi connectivity index (χ3n) is 3.30. The van der Waals surface area contributed by atoms with Gasteiger partial charge in [-0.3, -0.25) is 0 Å². The van der Waals surface area contributed by atoms with E-state index in [0.29, 0.717) is 6.54 Å². The predicted molar refractivity (Wildman–Crippen MR) is 81.1 cm³/mol. The van der Waals surface area contributed by atoms with Crippen molar-refractivity contribution in [2.24, 2.45) is 0 Å². The second-order valence-electron chi connectivity index (χ2n) is 6.02. The Bertz CT molecular complexity index is 515. The SMILES string of the molecule is Cc1cccc([C@@H](C)NCCS(=O)(=O)C(C)(C)C)c1. The second kappa shape index (κ2) is 6.06. The lowest BCUT2D eigenvalue weighted by atomic mass is 10.1. The molecule has 0 amide bonds. The molecule has 0 aliphatic rings. The largest absolute Gasteiger partial charge is 0.309 e. The van der Waals surface area contributed by atoms with Crippen molar-refractivity contribution in [3.63, 3.8) is 0 Å². The van der Waals surface area contributed by atoms with E-state index < -0.39 is 14.6 Å². The Morgan fingerprint density at radius 1 is 1.26 bits per heavy atom. The molecular formula is C15H25NO2S. The lowest BCUT2D eigenvalue weighted by Gasteiger charge is -2.20. The molecule has 1 rings (SSSR count). The van der Waals surface area contributed by atoms with Gasteiger partial charge in [0.1, 0.15) is 0 Å². The van der Waals surface area contributed by atoms with Crippen LogP contribution in [0.25, 0.3) is 0 Å². The van der Waals surface area contributed by atoms with Gasteiger partial charge in [-0.15, -0.1) is 0 Å². The van der Waals surface area contributed by atoms with E-state index in [1.165, 1.54) is 11.1 Å². The van der Waals surface area contributed by atoms with Crippen molar-refractivity contribution in [2.75, 3.05) is 12.3 Å². The fourth-order valence-corrected chi connectivity index (χ4v) is 2.77. The van der Waals surface area contributed by atoms with Gasteiger partial charge in [-0.2, -0.15) is 0 Å². The number of hydrogen-bond donors (Lipinski definition) is 1. The number of nitrogens with one attached hydrogen (secondary N) is 1. The van der Waals surface area contributed by atoms with Crippen molar-refractivity contribution in [3.05, 3.63) is 35.4 Å². The van der Waals surface area contributed by atoms with Crippen molar-refractivity contribution in [3.8, 4) is 0 Å². The van der Waals surface area contributed by atoms with Gasteiger partial charge in [-0.25, -0.2) is 8.42 Å². The normalized spacial score (nSPS) is 14.4. The van der Waals surface area contributed by atoms with Crippen LogP contribution in [-0.4, -0.2) is 25.5 Å². The summed E-state index contributed by atoms with van der Waals surface area (Å²) in [6.45, 7) is 9.82. The smallest absolute Gasteiger partial charge is 0.156 e. The first-order valence-electron chi connectivity index (χ1n) is 6.66. The summed E-state index contributed by atoms with van der Waals surface area (Å²) in [4.78, 5) is 0. The topological polar surface area (TPSA) is 46.2 Å². The van der Waals surface area contributed by atoms with Gasteiger partial charge >= 0.3 is 0 Å². The molecule has 0 aliphatic heterocycles. The molecule has 1 atom stereocenters. The molecule has 0 saturated heterocycles. The molecule has 0 fully saturated rings. The van der Waals surface area contributed by atoms with Crippen molar-refractivity contribution >= 4 is 9.84 Å². The van der Waals surface area contributed by atoms with Gasteiger partial charge in [-0.1, -0.05) is 29.8 Å². The van der Waals surface area contributed by atoms with E-state index in [9.17, 15) is 8.42 Å². The predicted octanol–water partition coefficient (Wildman–Crippen LogP) is 2.86. The lowest BCUT2D eigenvalue weighted by Crippen LogP contribution is -2.35. The maximum atomic E-state index is 12.0. The standard InChI is InChI=1S/C15H25NO2S/c1-12-7-6-8-14(11-12)13(2)16-9-10-19(17,18)15(3,4)5/h6-8,11,13,16H,9-10H2,1-5H3/t13-/m1/s1. The van der Waals surface area contributed by atoms with Gasteiger partial charge in [0.2, 0.25) is 0 Å². The Kier molecular flexibility index (Phi) is 5.16. The first-order valence-corrected chi connectivity index (χ1v) is 8.31. The van der Waals surface area contributed by atoms with Gasteiger partial charge in [0.15, 0.2) is 9.84 Å². The van der Waals surface area contributed by atoms with Gasteiger partial charge in [0.05, 0.1) is 10.5 Å². The third-order valence-corrected chi connectivity index (χ3v) is 5.90. The Morgan fingerprint density at radius 3 is 2.42 bits per heavy atom. The first-order chi connectivity index (χ1) is 8.63. The molecule has 0 spiro atoms. The zero-order valence-electron chi connectivity index (χ0n) is 12.5. The molecule has 4 heteroatoms. The summed E-state index contributed by atoms with van der Waals surface area (Å²) in [5.74, 6) is 0.173. The fraction of sp³-hybridized carbons (Fsp3) is 0.600. The Balaban J connectivity index is 2.55.